The molecule has 0 bridgehead atoms. The fourth-order valence-electron chi connectivity index (χ4n) is 1.71. The largest absolute Gasteiger partial charge is 0.310 e. The van der Waals surface area contributed by atoms with Crippen LogP contribution in [-0.4, -0.2) is 11.5 Å². The van der Waals surface area contributed by atoms with Crippen LogP contribution in [0.4, 0.5) is 8.78 Å². The van der Waals surface area contributed by atoms with Gasteiger partial charge in [-0.15, -0.1) is 11.3 Å². The van der Waals surface area contributed by atoms with Crippen molar-refractivity contribution in [3.05, 3.63) is 39.3 Å². The molecule has 0 saturated heterocycles. The van der Waals surface area contributed by atoms with Crippen molar-refractivity contribution >= 4 is 27.3 Å². The second-order valence-corrected chi connectivity index (χ2v) is 5.93. The number of halogens is 3. The average Bonchev–Trinajstić information content (AvgIpc) is 2.86. The van der Waals surface area contributed by atoms with Gasteiger partial charge in [0.1, 0.15) is 5.01 Å². The maximum Gasteiger partial charge on any atom is 0.173 e. The quantitative estimate of drug-likeness (QED) is 0.823. The number of thiazole rings is 1. The van der Waals surface area contributed by atoms with Crippen molar-refractivity contribution < 1.29 is 8.78 Å². The predicted octanol–water partition coefficient (Wildman–Crippen LogP) is 4.52. The molecule has 1 heterocycles. The molecule has 1 atom stereocenters. The molecule has 0 amide bonds. The summed E-state index contributed by atoms with van der Waals surface area (Å²) in [6, 6.07) is 2.84. The summed E-state index contributed by atoms with van der Waals surface area (Å²) in [5, 5.41) is 3.96. The molecule has 0 saturated carbocycles. The summed E-state index contributed by atoms with van der Waals surface area (Å²) >= 11 is 4.55. The second kappa shape index (κ2) is 6.07. The Morgan fingerprint density at radius 2 is 2.16 bits per heavy atom. The van der Waals surface area contributed by atoms with Gasteiger partial charge in [-0.05, 0) is 41.5 Å². The van der Waals surface area contributed by atoms with Gasteiger partial charge in [0.05, 0.1) is 4.47 Å². The van der Waals surface area contributed by atoms with Crippen LogP contribution in [0, 0.1) is 11.6 Å². The summed E-state index contributed by atoms with van der Waals surface area (Å²) in [6.07, 6.45) is 1.76. The van der Waals surface area contributed by atoms with Crippen LogP contribution in [0.25, 0.3) is 10.6 Å². The topological polar surface area (TPSA) is 24.9 Å². The zero-order valence-corrected chi connectivity index (χ0v) is 12.9. The lowest BCUT2D eigenvalue weighted by molar-refractivity contribution is 0.505. The van der Waals surface area contributed by atoms with Gasteiger partial charge in [0.2, 0.25) is 0 Å². The molecule has 1 unspecified atom stereocenters. The Kier molecular flexibility index (Phi) is 4.65. The van der Waals surface area contributed by atoms with Crippen LogP contribution in [0.1, 0.15) is 24.8 Å². The lowest BCUT2D eigenvalue weighted by atomic mass is 10.2. The van der Waals surface area contributed by atoms with Gasteiger partial charge < -0.3 is 5.32 Å². The summed E-state index contributed by atoms with van der Waals surface area (Å²) in [4.78, 5) is 5.34. The van der Waals surface area contributed by atoms with E-state index in [2.05, 4.69) is 26.2 Å². The highest BCUT2D eigenvalue weighted by Crippen LogP contribution is 2.35. The highest BCUT2D eigenvalue weighted by Gasteiger charge is 2.16. The number of rotatable bonds is 4. The number of hydrogen-bond acceptors (Lipinski definition) is 3. The highest BCUT2D eigenvalue weighted by atomic mass is 79.9. The van der Waals surface area contributed by atoms with Crippen molar-refractivity contribution in [2.75, 3.05) is 6.54 Å². The van der Waals surface area contributed by atoms with E-state index in [1.54, 1.807) is 6.20 Å². The van der Waals surface area contributed by atoms with Gasteiger partial charge in [-0.1, -0.05) is 6.92 Å². The van der Waals surface area contributed by atoms with Crippen molar-refractivity contribution in [1.82, 2.24) is 10.3 Å². The van der Waals surface area contributed by atoms with E-state index in [0.29, 0.717) is 10.6 Å². The van der Waals surface area contributed by atoms with Crippen LogP contribution in [0.3, 0.4) is 0 Å². The van der Waals surface area contributed by atoms with E-state index in [4.69, 9.17) is 0 Å². The first-order valence-corrected chi connectivity index (χ1v) is 7.48. The van der Waals surface area contributed by atoms with Crippen LogP contribution in [0.5, 0.6) is 0 Å². The van der Waals surface area contributed by atoms with E-state index in [-0.39, 0.29) is 10.5 Å². The number of nitrogens with zero attached hydrogens (tertiary/aromatic N) is 1. The molecule has 1 aromatic heterocycles. The first-order valence-electron chi connectivity index (χ1n) is 5.87. The van der Waals surface area contributed by atoms with E-state index >= 15 is 0 Å². The lowest BCUT2D eigenvalue weighted by Gasteiger charge is -2.08. The Morgan fingerprint density at radius 1 is 1.42 bits per heavy atom. The fourth-order valence-corrected chi connectivity index (χ4v) is 3.32. The Bertz CT molecular complexity index is 586. The Morgan fingerprint density at radius 3 is 2.84 bits per heavy atom. The third kappa shape index (κ3) is 3.01. The SMILES string of the molecule is CCNC(C)c1cnc(-c2ccc(F)c(F)c2Br)s1. The second-order valence-electron chi connectivity index (χ2n) is 4.07. The molecule has 0 radical (unpaired) electrons. The Balaban J connectivity index is 2.36. The molecule has 2 nitrogen and oxygen atoms in total. The minimum atomic E-state index is -0.881. The number of aromatic nitrogens is 1. The molecule has 0 aliphatic rings. The zero-order valence-electron chi connectivity index (χ0n) is 10.5. The molecular formula is C13H13BrF2N2S. The molecule has 0 aliphatic heterocycles. The normalized spacial score (nSPS) is 12.7. The molecule has 2 rings (SSSR count). The molecule has 0 spiro atoms. The number of hydrogen-bond donors (Lipinski definition) is 1. The van der Waals surface area contributed by atoms with Gasteiger partial charge >= 0.3 is 0 Å². The third-order valence-electron chi connectivity index (χ3n) is 2.73. The first kappa shape index (κ1) is 14.6. The zero-order chi connectivity index (χ0) is 14.0. The van der Waals surface area contributed by atoms with Crippen molar-refractivity contribution in [1.29, 1.82) is 0 Å². The van der Waals surface area contributed by atoms with Gasteiger partial charge in [0.25, 0.3) is 0 Å². The fraction of sp³-hybridized carbons (Fsp3) is 0.308. The van der Waals surface area contributed by atoms with Gasteiger partial charge in [-0.25, -0.2) is 13.8 Å². The monoisotopic (exact) mass is 346 g/mol. The standard InChI is InChI=1S/C13H13BrF2N2S/c1-3-17-7(2)10-6-18-13(19-10)8-4-5-9(15)12(16)11(8)14/h4-7,17H,3H2,1-2H3. The van der Waals surface area contributed by atoms with Crippen LogP contribution in [-0.2, 0) is 0 Å². The molecule has 0 aliphatic carbocycles. The van der Waals surface area contributed by atoms with E-state index in [1.807, 2.05) is 13.8 Å². The predicted molar refractivity (Wildman–Crippen MR) is 77.3 cm³/mol. The summed E-state index contributed by atoms with van der Waals surface area (Å²) in [7, 11) is 0. The smallest absolute Gasteiger partial charge is 0.173 e. The maximum atomic E-state index is 13.5. The molecular weight excluding hydrogens is 334 g/mol. The molecule has 102 valence electrons. The maximum absolute atomic E-state index is 13.5. The van der Waals surface area contributed by atoms with Crippen molar-refractivity contribution in [2.24, 2.45) is 0 Å². The summed E-state index contributed by atoms with van der Waals surface area (Å²) in [5.41, 5.74) is 0.568. The van der Waals surface area contributed by atoms with E-state index in [0.717, 1.165) is 17.5 Å². The number of nitrogens with one attached hydrogen (secondary N) is 1. The Hall–Kier alpha value is -0.850. The Labute approximate surface area is 123 Å². The lowest BCUT2D eigenvalue weighted by Crippen LogP contribution is -2.16. The van der Waals surface area contributed by atoms with E-state index in [9.17, 15) is 8.78 Å². The van der Waals surface area contributed by atoms with Crippen LogP contribution < -0.4 is 5.32 Å². The third-order valence-corrected chi connectivity index (χ3v) is 4.71. The summed E-state index contributed by atoms with van der Waals surface area (Å²) in [5.74, 6) is -1.75. The first-order chi connectivity index (χ1) is 9.04. The van der Waals surface area contributed by atoms with Crippen molar-refractivity contribution in [2.45, 2.75) is 19.9 Å². The van der Waals surface area contributed by atoms with Gasteiger partial charge in [0.15, 0.2) is 11.6 Å². The van der Waals surface area contributed by atoms with Crippen molar-refractivity contribution in [3.63, 3.8) is 0 Å². The minimum absolute atomic E-state index is 0.115. The van der Waals surface area contributed by atoms with Crippen LogP contribution >= 0.6 is 27.3 Å². The van der Waals surface area contributed by atoms with Crippen molar-refractivity contribution in [3.8, 4) is 10.6 Å². The van der Waals surface area contributed by atoms with Gasteiger partial charge in [-0.2, -0.15) is 0 Å². The molecule has 2 aromatic rings. The van der Waals surface area contributed by atoms with Crippen LogP contribution in [0.15, 0.2) is 22.8 Å². The minimum Gasteiger partial charge on any atom is -0.310 e. The summed E-state index contributed by atoms with van der Waals surface area (Å²) < 4.78 is 26.7. The molecule has 1 aromatic carbocycles. The van der Waals surface area contributed by atoms with Gasteiger partial charge in [0, 0.05) is 22.7 Å². The molecule has 19 heavy (non-hydrogen) atoms. The molecule has 0 fully saturated rings. The molecule has 1 N–H and O–H groups in total. The molecule has 6 heteroatoms. The van der Waals surface area contributed by atoms with E-state index < -0.39 is 11.6 Å². The van der Waals surface area contributed by atoms with Gasteiger partial charge in [-0.3, -0.25) is 0 Å². The highest BCUT2D eigenvalue weighted by molar-refractivity contribution is 9.10. The average molecular weight is 347 g/mol. The number of benzene rings is 1. The summed E-state index contributed by atoms with van der Waals surface area (Å²) in [6.45, 7) is 4.94. The van der Waals surface area contributed by atoms with E-state index in [1.165, 1.54) is 17.4 Å². The van der Waals surface area contributed by atoms with Crippen LogP contribution in [0.2, 0.25) is 0 Å².